The van der Waals surface area contributed by atoms with E-state index in [-0.39, 0.29) is 10.8 Å². The van der Waals surface area contributed by atoms with E-state index >= 15 is 0 Å². The summed E-state index contributed by atoms with van der Waals surface area (Å²) in [6, 6.07) is 10.6. The average molecular weight is 439 g/mol. The highest BCUT2D eigenvalue weighted by Gasteiger charge is 2.16. The van der Waals surface area contributed by atoms with Crippen molar-refractivity contribution in [2.24, 2.45) is 5.14 Å². The number of anilines is 5. The number of amides is 1. The lowest BCUT2D eigenvalue weighted by molar-refractivity contribution is -0.116. The topological polar surface area (TPSA) is 139 Å². The molecule has 3 aromatic rings. The van der Waals surface area contributed by atoms with Gasteiger partial charge in [0.1, 0.15) is 5.82 Å². The molecule has 1 aliphatic rings. The zero-order chi connectivity index (χ0) is 22.2. The third-order valence-electron chi connectivity index (χ3n) is 4.99. The molecule has 0 bridgehead atoms. The highest BCUT2D eigenvalue weighted by molar-refractivity contribution is 7.89. The molecule has 2 aromatic carbocycles. The van der Waals surface area contributed by atoms with Crippen molar-refractivity contribution in [2.75, 3.05) is 16.0 Å². The van der Waals surface area contributed by atoms with Gasteiger partial charge < -0.3 is 16.0 Å². The van der Waals surface area contributed by atoms with Crippen LogP contribution < -0.4 is 21.1 Å². The lowest BCUT2D eigenvalue weighted by atomic mass is 10.0. The Labute approximate surface area is 180 Å². The summed E-state index contributed by atoms with van der Waals surface area (Å²) in [5, 5.41) is 14.5. The predicted octanol–water partition coefficient (Wildman–Crippen LogP) is 3.11. The Hall–Kier alpha value is -3.50. The van der Waals surface area contributed by atoms with Gasteiger partial charge in [-0.3, -0.25) is 4.79 Å². The molecule has 31 heavy (non-hydrogen) atoms. The van der Waals surface area contributed by atoms with E-state index in [9.17, 15) is 13.2 Å². The van der Waals surface area contributed by atoms with Crippen molar-refractivity contribution in [1.82, 2.24) is 9.97 Å². The van der Waals surface area contributed by atoms with E-state index in [4.69, 9.17) is 5.14 Å². The molecule has 0 saturated heterocycles. The second kappa shape index (κ2) is 7.97. The van der Waals surface area contributed by atoms with Gasteiger partial charge in [0.25, 0.3) is 0 Å². The number of rotatable bonds is 5. The van der Waals surface area contributed by atoms with Crippen molar-refractivity contribution in [1.29, 1.82) is 0 Å². The fourth-order valence-corrected chi connectivity index (χ4v) is 4.15. The average Bonchev–Trinajstić information content (AvgIpc) is 2.71. The largest absolute Gasteiger partial charge is 0.340 e. The third kappa shape index (κ3) is 4.65. The second-order valence-electron chi connectivity index (χ2n) is 7.42. The molecular weight excluding hydrogens is 416 g/mol. The minimum Gasteiger partial charge on any atom is -0.340 e. The Balaban J connectivity index is 1.58. The first-order valence-corrected chi connectivity index (χ1v) is 11.2. The van der Waals surface area contributed by atoms with Gasteiger partial charge in [-0.05, 0) is 61.7 Å². The summed E-state index contributed by atoms with van der Waals surface area (Å²) in [5.74, 6) is 0.941. The van der Waals surface area contributed by atoms with Crippen LogP contribution in [0.1, 0.15) is 23.1 Å². The van der Waals surface area contributed by atoms with E-state index in [0.29, 0.717) is 35.9 Å². The molecule has 1 amide bonds. The molecule has 5 N–H and O–H groups in total. The first-order valence-electron chi connectivity index (χ1n) is 9.63. The van der Waals surface area contributed by atoms with Crippen molar-refractivity contribution in [3.05, 3.63) is 59.3 Å². The molecule has 0 unspecified atom stereocenters. The van der Waals surface area contributed by atoms with Crippen molar-refractivity contribution in [2.45, 2.75) is 31.6 Å². The number of hydrogen-bond acceptors (Lipinski definition) is 7. The van der Waals surface area contributed by atoms with Crippen LogP contribution in [0.4, 0.5) is 28.8 Å². The fraction of sp³-hybridized carbons (Fsp3) is 0.190. The van der Waals surface area contributed by atoms with E-state index in [2.05, 4.69) is 25.9 Å². The van der Waals surface area contributed by atoms with Gasteiger partial charge in [-0.15, -0.1) is 0 Å². The summed E-state index contributed by atoms with van der Waals surface area (Å²) in [6.45, 7) is 3.56. The summed E-state index contributed by atoms with van der Waals surface area (Å²) < 4.78 is 23.5. The number of benzene rings is 2. The monoisotopic (exact) mass is 438 g/mol. The minimum absolute atomic E-state index is 0.0252. The van der Waals surface area contributed by atoms with Crippen molar-refractivity contribution < 1.29 is 13.2 Å². The van der Waals surface area contributed by atoms with Crippen LogP contribution >= 0.6 is 0 Å². The van der Waals surface area contributed by atoms with Crippen LogP contribution in [0.25, 0.3) is 0 Å². The number of carbonyl (C=O) groups excluding carboxylic acids is 1. The molecular formula is C21H22N6O3S. The highest BCUT2D eigenvalue weighted by atomic mass is 32.2. The first kappa shape index (κ1) is 20.8. The van der Waals surface area contributed by atoms with Gasteiger partial charge in [-0.1, -0.05) is 6.07 Å². The number of aryl methyl sites for hydroxylation is 3. The van der Waals surface area contributed by atoms with Gasteiger partial charge >= 0.3 is 0 Å². The maximum absolute atomic E-state index is 11.8. The normalized spacial score (nSPS) is 13.3. The molecule has 9 nitrogen and oxygen atoms in total. The molecule has 1 aliphatic heterocycles. The molecule has 0 radical (unpaired) electrons. The highest BCUT2D eigenvalue weighted by Crippen LogP contribution is 2.28. The summed E-state index contributed by atoms with van der Waals surface area (Å²) in [7, 11) is -3.83. The van der Waals surface area contributed by atoms with Crippen molar-refractivity contribution in [3.63, 3.8) is 0 Å². The number of nitrogens with two attached hydrogens (primary N) is 1. The van der Waals surface area contributed by atoms with Crippen molar-refractivity contribution in [3.8, 4) is 0 Å². The Bertz CT molecular complexity index is 1290. The van der Waals surface area contributed by atoms with Gasteiger partial charge in [-0.25, -0.2) is 18.5 Å². The van der Waals surface area contributed by atoms with E-state index in [1.807, 2.05) is 25.1 Å². The molecule has 4 rings (SSSR count). The van der Waals surface area contributed by atoms with Crippen LogP contribution in [0.2, 0.25) is 0 Å². The summed E-state index contributed by atoms with van der Waals surface area (Å²) in [6.07, 6.45) is 2.82. The first-order chi connectivity index (χ1) is 14.7. The summed E-state index contributed by atoms with van der Waals surface area (Å²) in [5.41, 5.74) is 4.64. The quantitative estimate of drug-likeness (QED) is 0.480. The SMILES string of the molecule is Cc1ccc(Nc2ncc(C)c(Nc3ccc4c(c3)CCC(=O)N4)n2)cc1S(N)(=O)=O. The van der Waals surface area contributed by atoms with Crippen LogP contribution in [0.15, 0.2) is 47.5 Å². The molecule has 1 aromatic heterocycles. The Morgan fingerprint density at radius 2 is 1.74 bits per heavy atom. The van der Waals surface area contributed by atoms with Gasteiger partial charge in [0.2, 0.25) is 21.9 Å². The van der Waals surface area contributed by atoms with Gasteiger partial charge in [0.05, 0.1) is 4.90 Å². The van der Waals surface area contributed by atoms with Crippen LogP contribution in [0, 0.1) is 13.8 Å². The number of hydrogen-bond donors (Lipinski definition) is 4. The van der Waals surface area contributed by atoms with E-state index in [1.165, 1.54) is 6.07 Å². The molecule has 0 atom stereocenters. The minimum atomic E-state index is -3.83. The van der Waals surface area contributed by atoms with E-state index in [0.717, 1.165) is 22.5 Å². The fourth-order valence-electron chi connectivity index (χ4n) is 3.34. The zero-order valence-corrected chi connectivity index (χ0v) is 17.9. The Kier molecular flexibility index (Phi) is 5.34. The number of sulfonamides is 1. The second-order valence-corrected chi connectivity index (χ2v) is 8.95. The molecule has 0 spiro atoms. The van der Waals surface area contributed by atoms with Crippen LogP contribution in [-0.2, 0) is 21.2 Å². The molecule has 0 saturated carbocycles. The maximum atomic E-state index is 11.8. The van der Waals surface area contributed by atoms with E-state index in [1.54, 1.807) is 25.3 Å². The summed E-state index contributed by atoms with van der Waals surface area (Å²) in [4.78, 5) is 20.4. The van der Waals surface area contributed by atoms with Gasteiger partial charge in [-0.2, -0.15) is 4.98 Å². The standard InChI is InChI=1S/C21H22N6O3S/c1-12-3-5-16(10-18(12)31(22,29)30)25-21-23-11-13(2)20(27-21)24-15-6-7-17-14(9-15)4-8-19(28)26-17/h3,5-7,9-11H,4,8H2,1-2H3,(H,26,28)(H2,22,29,30)(H2,23,24,25,27). The number of primary sulfonamides is 1. The maximum Gasteiger partial charge on any atom is 0.238 e. The molecule has 160 valence electrons. The van der Waals surface area contributed by atoms with Crippen LogP contribution in [0.5, 0.6) is 0 Å². The van der Waals surface area contributed by atoms with Gasteiger partial charge in [0, 0.05) is 35.2 Å². The van der Waals surface area contributed by atoms with Crippen LogP contribution in [-0.4, -0.2) is 24.3 Å². The van der Waals surface area contributed by atoms with Crippen molar-refractivity contribution >= 4 is 44.8 Å². The van der Waals surface area contributed by atoms with Gasteiger partial charge in [0.15, 0.2) is 0 Å². The summed E-state index contributed by atoms with van der Waals surface area (Å²) >= 11 is 0. The number of fused-ring (bicyclic) bond motifs is 1. The van der Waals surface area contributed by atoms with Crippen LogP contribution in [0.3, 0.4) is 0 Å². The lowest BCUT2D eigenvalue weighted by Crippen LogP contribution is -2.18. The number of aromatic nitrogens is 2. The third-order valence-corrected chi connectivity index (χ3v) is 6.04. The Morgan fingerprint density at radius 3 is 2.52 bits per heavy atom. The molecule has 0 fully saturated rings. The number of nitrogens with zero attached hydrogens (tertiary/aromatic N) is 2. The zero-order valence-electron chi connectivity index (χ0n) is 17.1. The number of carbonyl (C=O) groups is 1. The predicted molar refractivity (Wildman–Crippen MR) is 119 cm³/mol. The molecule has 10 heteroatoms. The molecule has 2 heterocycles. The molecule has 0 aliphatic carbocycles. The lowest BCUT2D eigenvalue weighted by Gasteiger charge is -2.18. The van der Waals surface area contributed by atoms with E-state index < -0.39 is 10.0 Å². The Morgan fingerprint density at radius 1 is 1.00 bits per heavy atom. The number of nitrogens with one attached hydrogen (secondary N) is 3. The smallest absolute Gasteiger partial charge is 0.238 e.